The molecule has 0 aliphatic rings. The third kappa shape index (κ3) is 5.73. The molecule has 0 radical (unpaired) electrons. The van der Waals surface area contributed by atoms with Crippen molar-refractivity contribution in [3.8, 4) is 23.3 Å². The summed E-state index contributed by atoms with van der Waals surface area (Å²) < 4.78 is 65.9. The van der Waals surface area contributed by atoms with E-state index in [4.69, 9.17) is 43.0 Å². The molecule has 0 amide bonds. The van der Waals surface area contributed by atoms with Crippen molar-refractivity contribution in [2.45, 2.75) is 12.7 Å². The Kier molecular flexibility index (Phi) is 7.69. The van der Waals surface area contributed by atoms with E-state index in [-0.39, 0.29) is 39.4 Å². The van der Waals surface area contributed by atoms with Crippen molar-refractivity contribution in [3.05, 3.63) is 79.1 Å². The van der Waals surface area contributed by atoms with E-state index in [1.54, 1.807) is 0 Å². The number of nitriles is 1. The normalized spacial score (nSPS) is 11.3. The Hall–Kier alpha value is -3.60. The highest BCUT2D eigenvalue weighted by Gasteiger charge is 2.39. The second-order valence-electron chi connectivity index (χ2n) is 6.71. The average Bonchev–Trinajstić information content (AvgIpc) is 2.78. The van der Waals surface area contributed by atoms with E-state index in [1.165, 1.54) is 6.07 Å². The number of hydrogen-bond donors (Lipinski definition) is 1. The van der Waals surface area contributed by atoms with Gasteiger partial charge in [0.2, 0.25) is 23.4 Å². The molecule has 0 spiro atoms. The summed E-state index contributed by atoms with van der Waals surface area (Å²) in [4.78, 5) is 16.1. The summed E-state index contributed by atoms with van der Waals surface area (Å²) in [6, 6.07) is 4.26. The van der Waals surface area contributed by atoms with Crippen LogP contribution in [0.25, 0.3) is 0 Å². The van der Waals surface area contributed by atoms with Crippen molar-refractivity contribution < 1.29 is 36.9 Å². The summed E-state index contributed by atoms with van der Waals surface area (Å²) in [6.07, 6.45) is -3.75. The van der Waals surface area contributed by atoms with Gasteiger partial charge in [-0.2, -0.15) is 23.2 Å². The van der Waals surface area contributed by atoms with Crippen molar-refractivity contribution in [2.75, 3.05) is 13.2 Å². The van der Waals surface area contributed by atoms with E-state index in [0.717, 1.165) is 24.4 Å². The van der Waals surface area contributed by atoms with Crippen LogP contribution in [0.4, 0.5) is 17.6 Å². The standard InChI is InChI=1S/C20H12Cl2F4N4O5/c21-11-3-10(6-27)16(23)14(4-11)35-17-18(20(24,25)26)28-9-29(19(17)32)7-12-5-13(22)15(8-30(12)33)34-2-1-31/h3-5,8-9,31H,1-2,7H2. The van der Waals surface area contributed by atoms with Crippen LogP contribution in [0.1, 0.15) is 17.0 Å². The van der Waals surface area contributed by atoms with Crippen LogP contribution in [0.5, 0.6) is 17.2 Å². The van der Waals surface area contributed by atoms with Crippen LogP contribution in [0.2, 0.25) is 10.0 Å². The van der Waals surface area contributed by atoms with Gasteiger partial charge in [0.05, 0.1) is 23.5 Å². The quantitative estimate of drug-likeness (QED) is 0.279. The van der Waals surface area contributed by atoms with Crippen molar-refractivity contribution in [2.24, 2.45) is 0 Å². The van der Waals surface area contributed by atoms with Gasteiger partial charge in [-0.15, -0.1) is 0 Å². The number of aliphatic hydroxyl groups excluding tert-OH is 1. The van der Waals surface area contributed by atoms with Gasteiger partial charge in [-0.25, -0.2) is 9.37 Å². The van der Waals surface area contributed by atoms with Gasteiger partial charge in [0.15, 0.2) is 17.3 Å². The van der Waals surface area contributed by atoms with Crippen LogP contribution in [0.3, 0.4) is 0 Å². The SMILES string of the molecule is N#Cc1cc(Cl)cc(Oc2c(C(F)(F)F)ncn(Cc3cc(Cl)c(OCCO)c[n+]3[O-])c2=O)c1F. The number of pyridine rings is 1. The number of nitrogens with zero attached hydrogens (tertiary/aromatic N) is 4. The fourth-order valence-corrected chi connectivity index (χ4v) is 3.23. The summed E-state index contributed by atoms with van der Waals surface area (Å²) in [7, 11) is 0. The monoisotopic (exact) mass is 534 g/mol. The van der Waals surface area contributed by atoms with Gasteiger partial charge >= 0.3 is 6.18 Å². The lowest BCUT2D eigenvalue weighted by atomic mass is 10.2. The molecule has 184 valence electrons. The minimum absolute atomic E-state index is 0.0741. The summed E-state index contributed by atoms with van der Waals surface area (Å²) in [5.74, 6) is -3.74. The maximum Gasteiger partial charge on any atom is 0.437 e. The second kappa shape index (κ2) is 10.3. The van der Waals surface area contributed by atoms with Crippen molar-refractivity contribution >= 4 is 23.2 Å². The molecule has 0 fully saturated rings. The Morgan fingerprint density at radius 1 is 1.26 bits per heavy atom. The van der Waals surface area contributed by atoms with Gasteiger partial charge in [-0.1, -0.05) is 23.2 Å². The number of hydrogen-bond acceptors (Lipinski definition) is 7. The molecule has 0 bridgehead atoms. The molecule has 0 atom stereocenters. The van der Waals surface area contributed by atoms with Crippen LogP contribution in [-0.4, -0.2) is 27.9 Å². The largest absolute Gasteiger partial charge is 0.618 e. The van der Waals surface area contributed by atoms with Gasteiger partial charge in [0.1, 0.15) is 19.2 Å². The zero-order valence-electron chi connectivity index (χ0n) is 17.1. The molecule has 0 aliphatic heterocycles. The smallest absolute Gasteiger partial charge is 0.437 e. The molecule has 3 aromatic rings. The topological polar surface area (TPSA) is 124 Å². The van der Waals surface area contributed by atoms with Crippen molar-refractivity contribution in [3.63, 3.8) is 0 Å². The first-order valence-electron chi connectivity index (χ1n) is 9.35. The Morgan fingerprint density at radius 3 is 2.60 bits per heavy atom. The Labute approximate surface area is 203 Å². The van der Waals surface area contributed by atoms with Crippen LogP contribution < -0.4 is 19.8 Å². The molecule has 0 aliphatic carbocycles. The van der Waals surface area contributed by atoms with Crippen LogP contribution in [0.15, 0.2) is 35.5 Å². The van der Waals surface area contributed by atoms with E-state index in [9.17, 15) is 27.6 Å². The molecule has 1 aromatic carbocycles. The lowest BCUT2D eigenvalue weighted by Crippen LogP contribution is -2.35. The first-order valence-corrected chi connectivity index (χ1v) is 10.1. The van der Waals surface area contributed by atoms with Crippen molar-refractivity contribution in [1.82, 2.24) is 9.55 Å². The van der Waals surface area contributed by atoms with Crippen LogP contribution >= 0.6 is 23.2 Å². The average molecular weight is 535 g/mol. The molecule has 1 N–H and O–H groups in total. The number of ether oxygens (including phenoxy) is 2. The van der Waals surface area contributed by atoms with E-state index in [0.29, 0.717) is 10.9 Å². The fourth-order valence-electron chi connectivity index (χ4n) is 2.79. The maximum absolute atomic E-state index is 14.5. The lowest BCUT2D eigenvalue weighted by molar-refractivity contribution is -0.614. The lowest BCUT2D eigenvalue weighted by Gasteiger charge is -2.15. The molecular formula is C20H12Cl2F4N4O5. The molecule has 0 unspecified atom stereocenters. The molecule has 9 nitrogen and oxygen atoms in total. The zero-order valence-corrected chi connectivity index (χ0v) is 18.7. The maximum atomic E-state index is 14.5. The minimum Gasteiger partial charge on any atom is -0.618 e. The van der Waals surface area contributed by atoms with Gasteiger partial charge in [0, 0.05) is 17.2 Å². The van der Waals surface area contributed by atoms with Gasteiger partial charge in [0.25, 0.3) is 5.56 Å². The number of benzene rings is 1. The molecule has 3 rings (SSSR count). The van der Waals surface area contributed by atoms with E-state index >= 15 is 0 Å². The zero-order chi connectivity index (χ0) is 25.9. The van der Waals surface area contributed by atoms with Crippen LogP contribution in [-0.2, 0) is 12.7 Å². The molecular weight excluding hydrogens is 523 g/mol. The predicted molar refractivity (Wildman–Crippen MR) is 112 cm³/mol. The highest BCUT2D eigenvalue weighted by atomic mass is 35.5. The van der Waals surface area contributed by atoms with Gasteiger partial charge < -0.3 is 19.8 Å². The Morgan fingerprint density at radius 2 is 1.97 bits per heavy atom. The highest BCUT2D eigenvalue weighted by Crippen LogP contribution is 2.36. The number of alkyl halides is 3. The fraction of sp³-hybridized carbons (Fsp3) is 0.200. The summed E-state index contributed by atoms with van der Waals surface area (Å²) in [6.45, 7) is -1.11. The first kappa shape index (κ1) is 26.0. The molecule has 2 heterocycles. The molecule has 2 aromatic heterocycles. The van der Waals surface area contributed by atoms with Gasteiger partial charge in [-0.05, 0) is 6.07 Å². The third-order valence-corrected chi connectivity index (χ3v) is 4.84. The molecule has 0 saturated carbocycles. The number of halogens is 6. The third-order valence-electron chi connectivity index (χ3n) is 4.33. The van der Waals surface area contributed by atoms with E-state index < -0.39 is 46.9 Å². The van der Waals surface area contributed by atoms with E-state index in [2.05, 4.69) is 4.98 Å². The molecule has 0 saturated heterocycles. The first-order chi connectivity index (χ1) is 16.5. The molecule has 35 heavy (non-hydrogen) atoms. The van der Waals surface area contributed by atoms with Crippen LogP contribution in [0, 0.1) is 22.4 Å². The van der Waals surface area contributed by atoms with E-state index in [1.807, 2.05) is 0 Å². The van der Waals surface area contributed by atoms with Gasteiger partial charge in [-0.3, -0.25) is 9.36 Å². The number of rotatable bonds is 7. The predicted octanol–water partition coefficient (Wildman–Crippen LogP) is 3.42. The Balaban J connectivity index is 2.08. The summed E-state index contributed by atoms with van der Waals surface area (Å²) in [5, 5.41) is 29.8. The summed E-state index contributed by atoms with van der Waals surface area (Å²) >= 11 is 11.8. The minimum atomic E-state index is -5.17. The Bertz CT molecular complexity index is 1380. The summed E-state index contributed by atoms with van der Waals surface area (Å²) in [5.41, 5.74) is -4.00. The number of aromatic nitrogens is 3. The van der Waals surface area contributed by atoms with Crippen molar-refractivity contribution in [1.29, 1.82) is 5.26 Å². The second-order valence-corrected chi connectivity index (χ2v) is 7.55. The highest BCUT2D eigenvalue weighted by molar-refractivity contribution is 6.32. The number of aliphatic hydroxyl groups is 1. The molecule has 15 heteroatoms.